The van der Waals surface area contributed by atoms with Gasteiger partial charge in [-0.3, -0.25) is 9.36 Å². The van der Waals surface area contributed by atoms with E-state index in [4.69, 9.17) is 11.6 Å². The Balaban J connectivity index is 1.52. The molecule has 0 bridgehead atoms. The Hall–Kier alpha value is -2.57. The molecule has 148 valence electrons. The summed E-state index contributed by atoms with van der Waals surface area (Å²) in [5.41, 5.74) is 3.18. The van der Waals surface area contributed by atoms with E-state index in [0.29, 0.717) is 22.5 Å². The summed E-state index contributed by atoms with van der Waals surface area (Å²) in [7, 11) is 0. The lowest BCUT2D eigenvalue weighted by Crippen LogP contribution is -2.36. The lowest BCUT2D eigenvalue weighted by atomic mass is 10.0. The number of aryl methyl sites for hydroxylation is 1. The molecule has 0 aliphatic carbocycles. The molecule has 1 aliphatic heterocycles. The van der Waals surface area contributed by atoms with Crippen molar-refractivity contribution in [3.8, 4) is 11.4 Å². The number of nitrogens with zero attached hydrogens (tertiary/aromatic N) is 4. The fourth-order valence-electron chi connectivity index (χ4n) is 3.50. The highest BCUT2D eigenvalue weighted by atomic mass is 35.5. The molecule has 0 unspecified atom stereocenters. The third-order valence-corrected chi connectivity index (χ3v) is 6.07. The maximum absolute atomic E-state index is 12.9. The highest BCUT2D eigenvalue weighted by Crippen LogP contribution is 2.29. The van der Waals surface area contributed by atoms with Crippen LogP contribution < -0.4 is 4.90 Å². The summed E-state index contributed by atoms with van der Waals surface area (Å²) in [6.07, 6.45) is 3.81. The van der Waals surface area contributed by atoms with Gasteiger partial charge >= 0.3 is 0 Å². The number of thioether (sulfide) groups is 1. The van der Waals surface area contributed by atoms with Gasteiger partial charge in [0.25, 0.3) is 0 Å². The van der Waals surface area contributed by atoms with E-state index in [-0.39, 0.29) is 5.91 Å². The molecule has 0 radical (unpaired) electrons. The number of anilines is 1. The van der Waals surface area contributed by atoms with Crippen molar-refractivity contribution in [3.63, 3.8) is 0 Å². The van der Waals surface area contributed by atoms with Gasteiger partial charge in [-0.25, -0.2) is 0 Å². The van der Waals surface area contributed by atoms with Crippen LogP contribution in [0.5, 0.6) is 0 Å². The highest BCUT2D eigenvalue weighted by Gasteiger charge is 2.23. The number of carbonyl (C=O) groups is 1. The second-order valence-corrected chi connectivity index (χ2v) is 8.16. The van der Waals surface area contributed by atoms with Gasteiger partial charge in [0.05, 0.1) is 5.75 Å². The molecule has 2 aromatic carbocycles. The summed E-state index contributed by atoms with van der Waals surface area (Å²) in [5, 5.41) is 10.0. The number of hydrogen-bond donors (Lipinski definition) is 0. The Morgan fingerprint density at radius 2 is 1.97 bits per heavy atom. The normalized spacial score (nSPS) is 13.2. The zero-order valence-electron chi connectivity index (χ0n) is 15.9. The molecule has 0 atom stereocenters. The van der Waals surface area contributed by atoms with Crippen LogP contribution in [-0.2, 0) is 17.8 Å². The first-order valence-corrected chi connectivity index (χ1v) is 10.8. The zero-order valence-corrected chi connectivity index (χ0v) is 17.5. The largest absolute Gasteiger partial charge is 0.311 e. The molecule has 0 N–H and O–H groups in total. The average molecular weight is 425 g/mol. The molecule has 1 aromatic heterocycles. The first kappa shape index (κ1) is 19.7. The Labute approximate surface area is 179 Å². The molecule has 0 fully saturated rings. The van der Waals surface area contributed by atoms with Crippen LogP contribution in [0.2, 0.25) is 5.02 Å². The van der Waals surface area contributed by atoms with Crippen molar-refractivity contribution < 1.29 is 4.79 Å². The average Bonchev–Trinajstić information content (AvgIpc) is 3.15. The van der Waals surface area contributed by atoms with Crippen molar-refractivity contribution in [2.24, 2.45) is 0 Å². The number of fused-ring (bicyclic) bond motifs is 1. The molecule has 0 saturated heterocycles. The number of hydrogen-bond acceptors (Lipinski definition) is 4. The minimum Gasteiger partial charge on any atom is -0.311 e. The van der Waals surface area contributed by atoms with E-state index in [0.717, 1.165) is 36.5 Å². The Morgan fingerprint density at radius 1 is 1.17 bits per heavy atom. The molecular formula is C22H21ClN4OS. The predicted molar refractivity (Wildman–Crippen MR) is 119 cm³/mol. The summed E-state index contributed by atoms with van der Waals surface area (Å²) in [6, 6.07) is 15.6. The number of benzene rings is 2. The standard InChI is InChI=1S/C22H21ClN4OS/c1-2-13-27-21(17-9-11-18(23)12-10-17)24-25-22(27)29-15-20(28)26-14-5-7-16-6-3-4-8-19(16)26/h2-4,6,8-12H,1,5,7,13-15H2. The monoisotopic (exact) mass is 424 g/mol. The Bertz CT molecular complexity index is 1030. The molecule has 0 saturated carbocycles. The number of halogens is 1. The SMILES string of the molecule is C=CCn1c(SCC(=O)N2CCCc3ccccc32)nnc1-c1ccc(Cl)cc1. The Kier molecular flexibility index (Phi) is 6.02. The van der Waals surface area contributed by atoms with Crippen molar-refractivity contribution >= 4 is 35.0 Å². The summed E-state index contributed by atoms with van der Waals surface area (Å²) >= 11 is 7.40. The molecular weight excluding hydrogens is 404 g/mol. The van der Waals surface area contributed by atoms with Gasteiger partial charge in [0.2, 0.25) is 5.91 Å². The van der Waals surface area contributed by atoms with Crippen LogP contribution in [0.1, 0.15) is 12.0 Å². The number of para-hydroxylation sites is 1. The third kappa shape index (κ3) is 4.23. The smallest absolute Gasteiger partial charge is 0.237 e. The number of allylic oxidation sites excluding steroid dienone is 1. The second kappa shape index (κ2) is 8.84. The highest BCUT2D eigenvalue weighted by molar-refractivity contribution is 7.99. The van der Waals surface area contributed by atoms with Crippen molar-refractivity contribution in [3.05, 3.63) is 71.8 Å². The quantitative estimate of drug-likeness (QED) is 0.419. The first-order chi connectivity index (χ1) is 14.2. The molecule has 4 rings (SSSR count). The lowest BCUT2D eigenvalue weighted by Gasteiger charge is -2.29. The van der Waals surface area contributed by atoms with Crippen molar-refractivity contribution in [1.29, 1.82) is 0 Å². The van der Waals surface area contributed by atoms with Gasteiger partial charge in [-0.15, -0.1) is 16.8 Å². The third-order valence-electron chi connectivity index (χ3n) is 4.87. The maximum Gasteiger partial charge on any atom is 0.237 e. The lowest BCUT2D eigenvalue weighted by molar-refractivity contribution is -0.116. The van der Waals surface area contributed by atoms with E-state index >= 15 is 0 Å². The van der Waals surface area contributed by atoms with Gasteiger partial charge in [0, 0.05) is 29.4 Å². The number of aromatic nitrogens is 3. The molecule has 29 heavy (non-hydrogen) atoms. The zero-order chi connectivity index (χ0) is 20.2. The van der Waals surface area contributed by atoms with E-state index in [1.54, 1.807) is 6.08 Å². The van der Waals surface area contributed by atoms with Gasteiger partial charge in [-0.05, 0) is 48.7 Å². The van der Waals surface area contributed by atoms with Gasteiger partial charge in [0.15, 0.2) is 11.0 Å². The predicted octanol–water partition coefficient (Wildman–Crippen LogP) is 4.86. The van der Waals surface area contributed by atoms with Gasteiger partial charge in [-0.2, -0.15) is 0 Å². The minimum absolute atomic E-state index is 0.0864. The van der Waals surface area contributed by atoms with Crippen molar-refractivity contribution in [2.45, 2.75) is 24.5 Å². The first-order valence-electron chi connectivity index (χ1n) is 9.48. The molecule has 0 spiro atoms. The van der Waals surface area contributed by atoms with E-state index in [2.05, 4.69) is 22.8 Å². The van der Waals surface area contributed by atoms with Crippen LogP contribution in [-0.4, -0.2) is 33.0 Å². The second-order valence-electron chi connectivity index (χ2n) is 6.78. The van der Waals surface area contributed by atoms with Crippen LogP contribution in [0.3, 0.4) is 0 Å². The molecule has 2 heterocycles. The number of amides is 1. The molecule has 1 aliphatic rings. The van der Waals surface area contributed by atoms with Gasteiger partial charge in [-0.1, -0.05) is 47.6 Å². The van der Waals surface area contributed by atoms with Gasteiger partial charge < -0.3 is 4.90 Å². The van der Waals surface area contributed by atoms with Crippen LogP contribution in [0, 0.1) is 0 Å². The number of rotatable bonds is 6. The topological polar surface area (TPSA) is 51.0 Å². The minimum atomic E-state index is 0.0864. The molecule has 7 heteroatoms. The fourth-order valence-corrected chi connectivity index (χ4v) is 4.45. The fraction of sp³-hybridized carbons (Fsp3) is 0.227. The Morgan fingerprint density at radius 3 is 2.76 bits per heavy atom. The molecule has 3 aromatic rings. The summed E-state index contributed by atoms with van der Waals surface area (Å²) in [5.74, 6) is 1.13. The van der Waals surface area contributed by atoms with E-state index in [1.165, 1.54) is 17.3 Å². The van der Waals surface area contributed by atoms with Crippen LogP contribution in [0.15, 0.2) is 66.3 Å². The van der Waals surface area contributed by atoms with Crippen molar-refractivity contribution in [1.82, 2.24) is 14.8 Å². The summed E-state index contributed by atoms with van der Waals surface area (Å²) < 4.78 is 1.97. The van der Waals surface area contributed by atoms with E-state index < -0.39 is 0 Å². The van der Waals surface area contributed by atoms with Crippen LogP contribution in [0.4, 0.5) is 5.69 Å². The van der Waals surface area contributed by atoms with E-state index in [9.17, 15) is 4.79 Å². The van der Waals surface area contributed by atoms with Crippen molar-refractivity contribution in [2.75, 3.05) is 17.2 Å². The van der Waals surface area contributed by atoms with Crippen LogP contribution >= 0.6 is 23.4 Å². The summed E-state index contributed by atoms with van der Waals surface area (Å²) in [6.45, 7) is 5.16. The van der Waals surface area contributed by atoms with Crippen LogP contribution in [0.25, 0.3) is 11.4 Å². The number of carbonyl (C=O) groups excluding carboxylic acids is 1. The maximum atomic E-state index is 12.9. The summed E-state index contributed by atoms with van der Waals surface area (Å²) in [4.78, 5) is 14.8. The van der Waals surface area contributed by atoms with Gasteiger partial charge in [0.1, 0.15) is 0 Å². The van der Waals surface area contributed by atoms with E-state index in [1.807, 2.05) is 51.9 Å². The molecule has 5 nitrogen and oxygen atoms in total. The molecule has 1 amide bonds.